The van der Waals surface area contributed by atoms with Crippen LogP contribution in [0.1, 0.15) is 29.7 Å². The molecule has 3 aromatic rings. The highest BCUT2D eigenvalue weighted by atomic mass is 19.1. The Balaban J connectivity index is 1.46. The summed E-state index contributed by atoms with van der Waals surface area (Å²) in [6.07, 6.45) is 8.32. The van der Waals surface area contributed by atoms with Gasteiger partial charge in [0.1, 0.15) is 23.7 Å². The summed E-state index contributed by atoms with van der Waals surface area (Å²) in [5.74, 6) is 1.02. The average Bonchev–Trinajstić information content (AvgIpc) is 3.29. The summed E-state index contributed by atoms with van der Waals surface area (Å²) < 4.78 is 21.1. The Hall–Kier alpha value is -3.65. The Morgan fingerprint density at radius 3 is 2.76 bits per heavy atom. The third-order valence-corrected chi connectivity index (χ3v) is 6.57. The highest BCUT2D eigenvalue weighted by Crippen LogP contribution is 2.41. The van der Waals surface area contributed by atoms with E-state index >= 15 is 0 Å². The Kier molecular flexibility index (Phi) is 5.83. The first-order valence-corrected chi connectivity index (χ1v) is 11.3. The summed E-state index contributed by atoms with van der Waals surface area (Å²) in [6.45, 7) is 2.85. The van der Waals surface area contributed by atoms with Gasteiger partial charge >= 0.3 is 0 Å². The Morgan fingerprint density at radius 2 is 2.03 bits per heavy atom. The predicted molar refractivity (Wildman–Crippen MR) is 127 cm³/mol. The van der Waals surface area contributed by atoms with Crippen molar-refractivity contribution in [3.8, 4) is 11.4 Å². The number of aryl methyl sites for hydroxylation is 1. The molecule has 34 heavy (non-hydrogen) atoms. The van der Waals surface area contributed by atoms with Gasteiger partial charge in [-0.2, -0.15) is 0 Å². The third-order valence-electron chi connectivity index (χ3n) is 6.57. The molecular formula is C26H27FN4O3. The van der Waals surface area contributed by atoms with E-state index in [-0.39, 0.29) is 12.4 Å². The highest BCUT2D eigenvalue weighted by Gasteiger charge is 2.51. The first-order chi connectivity index (χ1) is 16.5. The first kappa shape index (κ1) is 22.2. The van der Waals surface area contributed by atoms with E-state index in [4.69, 9.17) is 9.57 Å². The van der Waals surface area contributed by atoms with Crippen molar-refractivity contribution < 1.29 is 19.1 Å². The van der Waals surface area contributed by atoms with Gasteiger partial charge in [-0.05, 0) is 61.2 Å². The van der Waals surface area contributed by atoms with Crippen LogP contribution in [0, 0.1) is 12.7 Å². The zero-order valence-electron chi connectivity index (χ0n) is 19.2. The van der Waals surface area contributed by atoms with E-state index in [9.17, 15) is 9.50 Å². The van der Waals surface area contributed by atoms with Gasteiger partial charge in [0.05, 0.1) is 30.9 Å². The Morgan fingerprint density at radius 1 is 1.21 bits per heavy atom. The molecule has 7 nitrogen and oxygen atoms in total. The van der Waals surface area contributed by atoms with Gasteiger partial charge in [-0.3, -0.25) is 0 Å². The maximum Gasteiger partial charge on any atom is 0.169 e. The fraction of sp³-hybridized carbons (Fsp3) is 0.308. The number of oxime groups is 1. The number of hydrogen-bond acceptors (Lipinski definition) is 6. The third kappa shape index (κ3) is 3.84. The van der Waals surface area contributed by atoms with Crippen LogP contribution in [0.2, 0.25) is 0 Å². The molecule has 0 saturated carbocycles. The van der Waals surface area contributed by atoms with Crippen molar-refractivity contribution in [1.29, 1.82) is 0 Å². The lowest BCUT2D eigenvalue weighted by Crippen LogP contribution is -2.63. The van der Waals surface area contributed by atoms with E-state index in [1.165, 1.54) is 12.1 Å². The van der Waals surface area contributed by atoms with Crippen LogP contribution >= 0.6 is 0 Å². The minimum atomic E-state index is -0.811. The number of aromatic nitrogens is 2. The van der Waals surface area contributed by atoms with E-state index in [1.807, 2.05) is 48.0 Å². The smallest absolute Gasteiger partial charge is 0.169 e. The number of aliphatic hydroxyl groups excluding tert-OH is 1. The van der Waals surface area contributed by atoms with Gasteiger partial charge in [0.2, 0.25) is 0 Å². The SMILES string of the molecule is COc1cc(/C=C/C2=NOCC3(c4ccc(F)cc4)C(O)CCCN23)ccc1-n1cnc(C)c1. The van der Waals surface area contributed by atoms with Gasteiger partial charge in [-0.15, -0.1) is 0 Å². The zero-order valence-corrected chi connectivity index (χ0v) is 19.2. The number of imidazole rings is 1. The minimum absolute atomic E-state index is 0.198. The molecule has 1 fully saturated rings. The largest absolute Gasteiger partial charge is 0.495 e. The molecule has 2 aliphatic rings. The molecule has 2 atom stereocenters. The molecule has 3 heterocycles. The number of methoxy groups -OCH3 is 1. The first-order valence-electron chi connectivity index (χ1n) is 11.3. The standard InChI is InChI=1S/C26H27FN4O3/c1-18-15-30(17-28-18)22-11-5-19(14-23(22)33-2)6-12-25-29-34-16-26(20-7-9-21(27)10-8-20)24(32)4-3-13-31(25)26/h5-12,14-15,17,24,32H,3-4,13,16H2,1-2H3/b12-6+. The van der Waals surface area contributed by atoms with Crippen molar-refractivity contribution in [2.24, 2.45) is 5.16 Å². The van der Waals surface area contributed by atoms with Gasteiger partial charge in [0, 0.05) is 12.7 Å². The zero-order chi connectivity index (χ0) is 23.7. The number of piperidine rings is 1. The van der Waals surface area contributed by atoms with Gasteiger partial charge in [0.15, 0.2) is 5.84 Å². The topological polar surface area (TPSA) is 72.1 Å². The number of amidine groups is 1. The van der Waals surface area contributed by atoms with Gasteiger partial charge in [0.25, 0.3) is 0 Å². The lowest BCUT2D eigenvalue weighted by Gasteiger charge is -2.52. The summed E-state index contributed by atoms with van der Waals surface area (Å²) >= 11 is 0. The number of benzene rings is 2. The fourth-order valence-electron chi connectivity index (χ4n) is 4.83. The number of hydrogen-bond donors (Lipinski definition) is 1. The maximum atomic E-state index is 13.6. The monoisotopic (exact) mass is 462 g/mol. The van der Waals surface area contributed by atoms with E-state index in [2.05, 4.69) is 15.0 Å². The summed E-state index contributed by atoms with van der Waals surface area (Å²) in [5.41, 5.74) is 2.75. The average molecular weight is 463 g/mol. The molecule has 1 N–H and O–H groups in total. The summed E-state index contributed by atoms with van der Waals surface area (Å²) in [5, 5.41) is 15.4. The van der Waals surface area contributed by atoms with Crippen molar-refractivity contribution in [3.05, 3.63) is 83.7 Å². The molecule has 5 rings (SSSR count). The minimum Gasteiger partial charge on any atom is -0.495 e. The maximum absolute atomic E-state index is 13.6. The van der Waals surface area contributed by atoms with Crippen LogP contribution in [0.5, 0.6) is 5.75 Å². The summed E-state index contributed by atoms with van der Waals surface area (Å²) in [6, 6.07) is 12.2. The number of fused-ring (bicyclic) bond motifs is 1. The van der Waals surface area contributed by atoms with E-state index in [1.54, 1.807) is 25.6 Å². The van der Waals surface area contributed by atoms with Crippen LogP contribution in [0.25, 0.3) is 11.8 Å². The van der Waals surface area contributed by atoms with Gasteiger partial charge in [-0.1, -0.05) is 29.4 Å². The fourth-order valence-corrected chi connectivity index (χ4v) is 4.83. The van der Waals surface area contributed by atoms with Gasteiger partial charge in [-0.25, -0.2) is 9.37 Å². The number of nitrogens with zero attached hydrogens (tertiary/aromatic N) is 4. The van der Waals surface area contributed by atoms with Crippen LogP contribution in [-0.4, -0.2) is 51.8 Å². The second-order valence-corrected chi connectivity index (χ2v) is 8.65. The molecule has 1 aromatic heterocycles. The molecular weight excluding hydrogens is 435 g/mol. The number of rotatable bonds is 5. The normalized spacial score (nSPS) is 22.3. The van der Waals surface area contributed by atoms with E-state index < -0.39 is 11.6 Å². The van der Waals surface area contributed by atoms with Gasteiger partial charge < -0.3 is 24.1 Å². The molecule has 0 bridgehead atoms. The quantitative estimate of drug-likeness (QED) is 0.620. The molecule has 1 saturated heterocycles. The van der Waals surface area contributed by atoms with Crippen LogP contribution in [0.15, 0.2) is 66.2 Å². The lowest BCUT2D eigenvalue weighted by atomic mass is 9.78. The Bertz CT molecular complexity index is 1240. The molecule has 2 unspecified atom stereocenters. The highest BCUT2D eigenvalue weighted by molar-refractivity contribution is 5.97. The van der Waals surface area contributed by atoms with Crippen molar-refractivity contribution >= 4 is 11.9 Å². The molecule has 0 aliphatic carbocycles. The predicted octanol–water partition coefficient (Wildman–Crippen LogP) is 4.04. The lowest BCUT2D eigenvalue weighted by molar-refractivity contribution is -0.0993. The van der Waals surface area contributed by atoms with Crippen molar-refractivity contribution in [3.63, 3.8) is 0 Å². The van der Waals surface area contributed by atoms with Crippen LogP contribution in [0.4, 0.5) is 4.39 Å². The van der Waals surface area contributed by atoms with Crippen molar-refractivity contribution in [1.82, 2.24) is 14.5 Å². The number of aliphatic hydroxyl groups is 1. The van der Waals surface area contributed by atoms with Crippen LogP contribution in [0.3, 0.4) is 0 Å². The molecule has 176 valence electrons. The number of halogens is 1. The molecule has 0 radical (unpaired) electrons. The molecule has 2 aliphatic heterocycles. The van der Waals surface area contributed by atoms with Crippen molar-refractivity contribution in [2.75, 3.05) is 20.3 Å². The summed E-state index contributed by atoms with van der Waals surface area (Å²) in [7, 11) is 1.64. The molecule has 0 spiro atoms. The second kappa shape index (κ2) is 8.95. The van der Waals surface area contributed by atoms with Crippen LogP contribution < -0.4 is 4.74 Å². The molecule has 8 heteroatoms. The molecule has 2 aromatic carbocycles. The Labute approximate surface area is 197 Å². The molecule has 0 amide bonds. The van der Waals surface area contributed by atoms with E-state index in [0.29, 0.717) is 18.8 Å². The number of ether oxygens (including phenoxy) is 1. The van der Waals surface area contributed by atoms with Crippen LogP contribution in [-0.2, 0) is 10.4 Å². The second-order valence-electron chi connectivity index (χ2n) is 8.65. The summed E-state index contributed by atoms with van der Waals surface area (Å²) in [4.78, 5) is 12.0. The van der Waals surface area contributed by atoms with Crippen molar-refractivity contribution in [2.45, 2.75) is 31.4 Å². The van der Waals surface area contributed by atoms with E-state index in [0.717, 1.165) is 34.7 Å².